The van der Waals surface area contributed by atoms with Crippen molar-refractivity contribution in [1.82, 2.24) is 4.90 Å². The van der Waals surface area contributed by atoms with Crippen molar-refractivity contribution in [2.24, 2.45) is 0 Å². The van der Waals surface area contributed by atoms with Crippen LogP contribution in [-0.4, -0.2) is 42.5 Å². The van der Waals surface area contributed by atoms with Crippen LogP contribution in [0.2, 0.25) is 0 Å². The van der Waals surface area contributed by atoms with Crippen LogP contribution in [0.5, 0.6) is 0 Å². The predicted octanol–water partition coefficient (Wildman–Crippen LogP) is 0.440. The van der Waals surface area contributed by atoms with E-state index in [0.717, 1.165) is 32.6 Å². The van der Waals surface area contributed by atoms with Gasteiger partial charge >= 0.3 is 0 Å². The van der Waals surface area contributed by atoms with E-state index in [1.165, 1.54) is 0 Å². The van der Waals surface area contributed by atoms with Gasteiger partial charge in [0.15, 0.2) is 0 Å². The number of ketones is 1. The molecule has 0 amide bonds. The van der Waals surface area contributed by atoms with Crippen LogP contribution in [0.4, 0.5) is 0 Å². The Balaban J connectivity index is 2.03. The van der Waals surface area contributed by atoms with E-state index in [2.05, 4.69) is 11.8 Å². The molecule has 0 aliphatic carbocycles. The van der Waals surface area contributed by atoms with Crippen molar-refractivity contribution in [3.8, 4) is 0 Å². The normalized spacial score (nSPS) is 37.9. The largest absolute Gasteiger partial charge is 0.379 e. The van der Waals surface area contributed by atoms with Gasteiger partial charge in [-0.15, -0.1) is 0 Å². The Hall–Kier alpha value is -0.410. The van der Waals surface area contributed by atoms with Crippen molar-refractivity contribution < 1.29 is 9.53 Å². The molecule has 1 unspecified atom stereocenters. The van der Waals surface area contributed by atoms with Gasteiger partial charge in [-0.2, -0.15) is 0 Å². The first-order valence-corrected chi connectivity index (χ1v) is 4.55. The van der Waals surface area contributed by atoms with Crippen molar-refractivity contribution in [3.05, 3.63) is 0 Å². The molecule has 2 rings (SSSR count). The number of hydrogen-bond donors (Lipinski definition) is 0. The fraction of sp³-hybridized carbons (Fsp3) is 0.889. The van der Waals surface area contributed by atoms with Gasteiger partial charge in [-0.25, -0.2) is 0 Å². The van der Waals surface area contributed by atoms with E-state index >= 15 is 0 Å². The second-order valence-corrected chi connectivity index (χ2v) is 4.01. The summed E-state index contributed by atoms with van der Waals surface area (Å²) in [7, 11) is 0. The van der Waals surface area contributed by atoms with Gasteiger partial charge in [0.05, 0.1) is 13.2 Å². The molecule has 0 saturated carbocycles. The average Bonchev–Trinajstić information content (AvgIpc) is 2.59. The average molecular weight is 169 g/mol. The highest BCUT2D eigenvalue weighted by molar-refractivity contribution is 5.82. The Kier molecular flexibility index (Phi) is 1.93. The van der Waals surface area contributed by atoms with Gasteiger partial charge in [0.2, 0.25) is 0 Å². The molecular weight excluding hydrogens is 154 g/mol. The second-order valence-electron chi connectivity index (χ2n) is 4.01. The molecule has 68 valence electrons. The third-order valence-electron chi connectivity index (χ3n) is 2.99. The minimum atomic E-state index is 0.145. The molecule has 0 bridgehead atoms. The predicted molar refractivity (Wildman–Crippen MR) is 45.0 cm³/mol. The third-order valence-corrected chi connectivity index (χ3v) is 2.99. The maximum absolute atomic E-state index is 11.1. The summed E-state index contributed by atoms with van der Waals surface area (Å²) in [5.74, 6) is 0.378. The lowest BCUT2D eigenvalue weighted by Crippen LogP contribution is -2.45. The van der Waals surface area contributed by atoms with Gasteiger partial charge in [0.25, 0.3) is 0 Å². The zero-order chi connectivity index (χ0) is 8.60. The minimum absolute atomic E-state index is 0.145. The zero-order valence-electron chi connectivity index (χ0n) is 7.51. The van der Waals surface area contributed by atoms with Gasteiger partial charge < -0.3 is 4.74 Å². The molecule has 2 saturated heterocycles. The SMILES string of the molecule is CC1(N2CCC(=O)C2)CCOC1. The summed E-state index contributed by atoms with van der Waals surface area (Å²) >= 11 is 0. The van der Waals surface area contributed by atoms with Crippen molar-refractivity contribution >= 4 is 5.78 Å². The van der Waals surface area contributed by atoms with E-state index in [0.29, 0.717) is 12.3 Å². The van der Waals surface area contributed by atoms with E-state index < -0.39 is 0 Å². The summed E-state index contributed by atoms with van der Waals surface area (Å²) in [6.07, 6.45) is 1.80. The Morgan fingerprint density at radius 3 is 2.92 bits per heavy atom. The summed E-state index contributed by atoms with van der Waals surface area (Å²) in [5.41, 5.74) is 0.145. The van der Waals surface area contributed by atoms with Crippen LogP contribution in [0, 0.1) is 0 Å². The molecule has 0 radical (unpaired) electrons. The molecule has 12 heavy (non-hydrogen) atoms. The van der Waals surface area contributed by atoms with E-state index in [1.807, 2.05) is 0 Å². The summed E-state index contributed by atoms with van der Waals surface area (Å²) in [6, 6.07) is 0. The van der Waals surface area contributed by atoms with Crippen LogP contribution in [0.3, 0.4) is 0 Å². The smallest absolute Gasteiger partial charge is 0.148 e. The van der Waals surface area contributed by atoms with Crippen LogP contribution >= 0.6 is 0 Å². The molecule has 2 aliphatic heterocycles. The molecule has 1 atom stereocenters. The minimum Gasteiger partial charge on any atom is -0.379 e. The summed E-state index contributed by atoms with van der Waals surface area (Å²) in [4.78, 5) is 13.3. The number of carbonyl (C=O) groups excluding carboxylic acids is 1. The number of Topliss-reactive ketones (excluding diaryl/α,β-unsaturated/α-hetero) is 1. The van der Waals surface area contributed by atoms with Crippen molar-refractivity contribution in [3.63, 3.8) is 0 Å². The fourth-order valence-electron chi connectivity index (χ4n) is 2.00. The number of nitrogens with zero attached hydrogens (tertiary/aromatic N) is 1. The van der Waals surface area contributed by atoms with Gasteiger partial charge in [0, 0.05) is 25.1 Å². The first-order chi connectivity index (χ1) is 5.71. The van der Waals surface area contributed by atoms with Crippen LogP contribution in [-0.2, 0) is 9.53 Å². The Bertz CT molecular complexity index is 197. The first kappa shape index (κ1) is 8.20. The van der Waals surface area contributed by atoms with Gasteiger partial charge in [0.1, 0.15) is 5.78 Å². The van der Waals surface area contributed by atoms with Crippen LogP contribution in [0.15, 0.2) is 0 Å². The summed E-state index contributed by atoms with van der Waals surface area (Å²) in [6.45, 7) is 5.40. The monoisotopic (exact) mass is 169 g/mol. The first-order valence-electron chi connectivity index (χ1n) is 4.55. The molecule has 0 aromatic heterocycles. The molecule has 0 spiro atoms. The lowest BCUT2D eigenvalue weighted by Gasteiger charge is -2.32. The number of rotatable bonds is 1. The quantitative estimate of drug-likeness (QED) is 0.570. The van der Waals surface area contributed by atoms with Gasteiger partial charge in [-0.05, 0) is 13.3 Å². The Morgan fingerprint density at radius 2 is 2.42 bits per heavy atom. The molecule has 3 nitrogen and oxygen atoms in total. The van der Waals surface area contributed by atoms with Crippen LogP contribution in [0.1, 0.15) is 19.8 Å². The standard InChI is InChI=1S/C9H15NO2/c1-9(3-5-12-7-9)10-4-2-8(11)6-10/h2-7H2,1H3. The molecule has 0 N–H and O–H groups in total. The highest BCUT2D eigenvalue weighted by atomic mass is 16.5. The Labute approximate surface area is 72.7 Å². The molecule has 3 heteroatoms. The van der Waals surface area contributed by atoms with Gasteiger partial charge in [-0.3, -0.25) is 9.69 Å². The molecule has 2 fully saturated rings. The highest BCUT2D eigenvalue weighted by Gasteiger charge is 2.39. The third kappa shape index (κ3) is 1.27. The second kappa shape index (κ2) is 2.82. The number of ether oxygens (including phenoxy) is 1. The maximum Gasteiger partial charge on any atom is 0.148 e. The Morgan fingerprint density at radius 1 is 1.58 bits per heavy atom. The maximum atomic E-state index is 11.1. The molecule has 2 heterocycles. The fourth-order valence-corrected chi connectivity index (χ4v) is 2.00. The summed E-state index contributed by atoms with van der Waals surface area (Å²) < 4.78 is 5.35. The number of hydrogen-bond acceptors (Lipinski definition) is 3. The molecule has 2 aliphatic rings. The molecular formula is C9H15NO2. The van der Waals surface area contributed by atoms with Crippen molar-refractivity contribution in [2.45, 2.75) is 25.3 Å². The molecule has 0 aromatic carbocycles. The van der Waals surface area contributed by atoms with Crippen molar-refractivity contribution in [1.29, 1.82) is 0 Å². The van der Waals surface area contributed by atoms with Crippen LogP contribution < -0.4 is 0 Å². The topological polar surface area (TPSA) is 29.5 Å². The van der Waals surface area contributed by atoms with E-state index in [4.69, 9.17) is 4.74 Å². The van der Waals surface area contributed by atoms with Gasteiger partial charge in [-0.1, -0.05) is 0 Å². The molecule has 0 aromatic rings. The van der Waals surface area contributed by atoms with Crippen molar-refractivity contribution in [2.75, 3.05) is 26.3 Å². The lowest BCUT2D eigenvalue weighted by atomic mass is 10.00. The summed E-state index contributed by atoms with van der Waals surface area (Å²) in [5, 5.41) is 0. The van der Waals surface area contributed by atoms with E-state index in [-0.39, 0.29) is 5.54 Å². The number of likely N-dealkylation sites (tertiary alicyclic amines) is 1. The number of carbonyl (C=O) groups is 1. The lowest BCUT2D eigenvalue weighted by molar-refractivity contribution is -0.117. The van der Waals surface area contributed by atoms with E-state index in [1.54, 1.807) is 0 Å². The van der Waals surface area contributed by atoms with E-state index in [9.17, 15) is 4.79 Å². The van der Waals surface area contributed by atoms with Crippen LogP contribution in [0.25, 0.3) is 0 Å². The zero-order valence-corrected chi connectivity index (χ0v) is 7.51. The highest BCUT2D eigenvalue weighted by Crippen LogP contribution is 2.27.